The number of halogens is 1. The Morgan fingerprint density at radius 1 is 1.23 bits per heavy atom. The van der Waals surface area contributed by atoms with Crippen LogP contribution in [0.5, 0.6) is 11.5 Å². The van der Waals surface area contributed by atoms with Crippen molar-refractivity contribution in [3.8, 4) is 11.5 Å². The number of hydrogen-bond acceptors (Lipinski definition) is 5. The van der Waals surface area contributed by atoms with E-state index in [-0.39, 0.29) is 24.0 Å². The summed E-state index contributed by atoms with van der Waals surface area (Å²) in [7, 11) is 0. The fraction of sp³-hybridized carbons (Fsp3) is 0.0667. The second-order valence-corrected chi connectivity index (χ2v) is 4.78. The largest absolute Gasteiger partial charge is 0.508 e. The number of aromatic hydroxyl groups is 2. The molecular weight excluding hydrogens is 306 g/mol. The Kier molecular flexibility index (Phi) is 5.21. The van der Waals surface area contributed by atoms with Crippen molar-refractivity contribution >= 4 is 29.4 Å². The van der Waals surface area contributed by atoms with Crippen molar-refractivity contribution in [1.82, 2.24) is 5.43 Å². The molecule has 0 aliphatic heterocycles. The lowest BCUT2D eigenvalue weighted by atomic mass is 10.2. The summed E-state index contributed by atoms with van der Waals surface area (Å²) < 4.78 is 0. The average Bonchev–Trinajstić information content (AvgIpc) is 2.49. The van der Waals surface area contributed by atoms with Gasteiger partial charge in [0.25, 0.3) is 5.91 Å². The van der Waals surface area contributed by atoms with E-state index in [1.807, 2.05) is 0 Å². The molecule has 0 radical (unpaired) electrons. The van der Waals surface area contributed by atoms with Crippen LogP contribution in [0.3, 0.4) is 0 Å². The number of benzene rings is 2. The maximum atomic E-state index is 11.6. The number of hydrazone groups is 1. The molecule has 0 spiro atoms. The molecule has 7 heteroatoms. The minimum Gasteiger partial charge on any atom is -0.508 e. The predicted molar refractivity (Wildman–Crippen MR) is 85.5 cm³/mol. The maximum Gasteiger partial charge on any atom is 0.259 e. The molecule has 0 atom stereocenters. The highest BCUT2D eigenvalue weighted by Crippen LogP contribution is 2.21. The van der Waals surface area contributed by atoms with E-state index in [1.54, 1.807) is 24.3 Å². The number of amides is 1. The number of nitrogens with zero attached hydrogens (tertiary/aromatic N) is 1. The van der Waals surface area contributed by atoms with Gasteiger partial charge in [-0.05, 0) is 24.3 Å². The van der Waals surface area contributed by atoms with E-state index < -0.39 is 0 Å². The molecule has 2 aromatic carbocycles. The number of carbonyl (C=O) groups is 1. The van der Waals surface area contributed by atoms with Gasteiger partial charge in [-0.15, -0.1) is 0 Å². The van der Waals surface area contributed by atoms with E-state index >= 15 is 0 Å². The van der Waals surface area contributed by atoms with Crippen LogP contribution >= 0.6 is 11.6 Å². The van der Waals surface area contributed by atoms with Crippen LogP contribution in [0.4, 0.5) is 5.69 Å². The number of carbonyl (C=O) groups excluding carboxylic acids is 1. The normalized spacial score (nSPS) is 10.6. The monoisotopic (exact) mass is 319 g/mol. The van der Waals surface area contributed by atoms with E-state index in [1.165, 1.54) is 24.4 Å². The molecule has 0 saturated heterocycles. The Bertz CT molecular complexity index is 704. The number of anilines is 1. The third-order valence-corrected chi connectivity index (χ3v) is 3.05. The zero-order chi connectivity index (χ0) is 15.9. The van der Waals surface area contributed by atoms with Crippen LogP contribution in [0.1, 0.15) is 5.56 Å². The lowest BCUT2D eigenvalue weighted by Gasteiger charge is -2.06. The number of phenols is 2. The van der Waals surface area contributed by atoms with Gasteiger partial charge in [0.15, 0.2) is 0 Å². The SMILES string of the molecule is O=C(CNc1ccccc1Cl)N/N=C/c1ccc(O)cc1O. The van der Waals surface area contributed by atoms with Gasteiger partial charge < -0.3 is 15.5 Å². The third kappa shape index (κ3) is 4.39. The summed E-state index contributed by atoms with van der Waals surface area (Å²) in [5.74, 6) is -0.552. The molecule has 0 aliphatic carbocycles. The van der Waals surface area contributed by atoms with Crippen molar-refractivity contribution < 1.29 is 15.0 Å². The van der Waals surface area contributed by atoms with Crippen LogP contribution < -0.4 is 10.7 Å². The topological polar surface area (TPSA) is 94.0 Å². The number of rotatable bonds is 5. The lowest BCUT2D eigenvalue weighted by Crippen LogP contribution is -2.25. The van der Waals surface area contributed by atoms with Crippen molar-refractivity contribution in [2.75, 3.05) is 11.9 Å². The number of phenolic OH excluding ortho intramolecular Hbond substituents is 2. The molecule has 0 saturated carbocycles. The fourth-order valence-electron chi connectivity index (χ4n) is 1.63. The van der Waals surface area contributed by atoms with Gasteiger partial charge in [0.05, 0.1) is 23.5 Å². The highest BCUT2D eigenvalue weighted by Gasteiger charge is 2.03. The maximum absolute atomic E-state index is 11.6. The molecule has 6 nitrogen and oxygen atoms in total. The van der Waals surface area contributed by atoms with Gasteiger partial charge >= 0.3 is 0 Å². The molecule has 0 bridgehead atoms. The van der Waals surface area contributed by atoms with Gasteiger partial charge in [-0.1, -0.05) is 23.7 Å². The van der Waals surface area contributed by atoms with E-state index in [0.29, 0.717) is 16.3 Å². The predicted octanol–water partition coefficient (Wildman–Crippen LogP) is 2.31. The van der Waals surface area contributed by atoms with Gasteiger partial charge in [-0.2, -0.15) is 5.10 Å². The molecule has 0 heterocycles. The van der Waals surface area contributed by atoms with E-state index in [4.69, 9.17) is 16.7 Å². The van der Waals surface area contributed by atoms with Crippen LogP contribution in [-0.2, 0) is 4.79 Å². The van der Waals surface area contributed by atoms with Crippen molar-refractivity contribution in [3.05, 3.63) is 53.1 Å². The van der Waals surface area contributed by atoms with E-state index in [2.05, 4.69) is 15.8 Å². The van der Waals surface area contributed by atoms with Crippen LogP contribution in [0.25, 0.3) is 0 Å². The van der Waals surface area contributed by atoms with Crippen molar-refractivity contribution in [1.29, 1.82) is 0 Å². The molecule has 0 aromatic heterocycles. The Morgan fingerprint density at radius 2 is 2.00 bits per heavy atom. The summed E-state index contributed by atoms with van der Waals surface area (Å²) in [5, 5.41) is 25.8. The van der Waals surface area contributed by atoms with E-state index in [9.17, 15) is 9.90 Å². The van der Waals surface area contributed by atoms with Crippen molar-refractivity contribution in [2.24, 2.45) is 5.10 Å². The highest BCUT2D eigenvalue weighted by molar-refractivity contribution is 6.33. The smallest absolute Gasteiger partial charge is 0.259 e. The summed E-state index contributed by atoms with van der Waals surface area (Å²) in [6.45, 7) is 0.00261. The molecule has 1 amide bonds. The second kappa shape index (κ2) is 7.33. The molecule has 4 N–H and O–H groups in total. The first kappa shape index (κ1) is 15.7. The summed E-state index contributed by atoms with van der Waals surface area (Å²) >= 11 is 5.95. The number of para-hydroxylation sites is 1. The number of nitrogens with one attached hydrogen (secondary N) is 2. The first-order valence-electron chi connectivity index (χ1n) is 6.38. The molecular formula is C15H14ClN3O3. The summed E-state index contributed by atoms with van der Waals surface area (Å²) in [6, 6.07) is 11.1. The minimum absolute atomic E-state index is 0.00261. The summed E-state index contributed by atoms with van der Waals surface area (Å²) in [4.78, 5) is 11.6. The zero-order valence-electron chi connectivity index (χ0n) is 11.5. The van der Waals surface area contributed by atoms with Gasteiger partial charge in [0.1, 0.15) is 11.5 Å². The zero-order valence-corrected chi connectivity index (χ0v) is 12.2. The first-order chi connectivity index (χ1) is 10.6. The molecule has 2 rings (SSSR count). The van der Waals surface area contributed by atoms with Crippen LogP contribution in [0, 0.1) is 0 Å². The Labute approximate surface area is 132 Å². The van der Waals surface area contributed by atoms with Crippen molar-refractivity contribution in [2.45, 2.75) is 0 Å². The highest BCUT2D eigenvalue weighted by atomic mass is 35.5. The molecule has 114 valence electrons. The summed E-state index contributed by atoms with van der Waals surface area (Å²) in [5.41, 5.74) is 3.34. The number of hydrogen-bond donors (Lipinski definition) is 4. The van der Waals surface area contributed by atoms with Gasteiger partial charge in [0.2, 0.25) is 0 Å². The molecule has 22 heavy (non-hydrogen) atoms. The standard InChI is InChI=1S/C15H14ClN3O3/c16-12-3-1-2-4-13(12)17-9-15(22)19-18-8-10-5-6-11(20)7-14(10)21/h1-8,17,20-21H,9H2,(H,19,22)/b18-8+. The van der Waals surface area contributed by atoms with Gasteiger partial charge in [0, 0.05) is 11.6 Å². The van der Waals surface area contributed by atoms with Gasteiger partial charge in [-0.3, -0.25) is 4.79 Å². The molecule has 0 aliphatic rings. The van der Waals surface area contributed by atoms with E-state index in [0.717, 1.165) is 0 Å². The molecule has 0 fully saturated rings. The Balaban J connectivity index is 1.85. The quantitative estimate of drug-likeness (QED) is 0.502. The molecule has 0 unspecified atom stereocenters. The van der Waals surface area contributed by atoms with Crippen LogP contribution in [-0.4, -0.2) is 28.9 Å². The van der Waals surface area contributed by atoms with Crippen LogP contribution in [0.2, 0.25) is 5.02 Å². The van der Waals surface area contributed by atoms with Crippen LogP contribution in [0.15, 0.2) is 47.6 Å². The Hall–Kier alpha value is -2.73. The molecule has 2 aromatic rings. The first-order valence-corrected chi connectivity index (χ1v) is 6.76. The van der Waals surface area contributed by atoms with Crippen molar-refractivity contribution in [3.63, 3.8) is 0 Å². The van der Waals surface area contributed by atoms with Gasteiger partial charge in [-0.25, -0.2) is 5.43 Å². The lowest BCUT2D eigenvalue weighted by molar-refractivity contribution is -0.119. The third-order valence-electron chi connectivity index (χ3n) is 2.72. The average molecular weight is 320 g/mol. The fourth-order valence-corrected chi connectivity index (χ4v) is 1.84. The second-order valence-electron chi connectivity index (χ2n) is 4.37. The minimum atomic E-state index is -0.366. The Morgan fingerprint density at radius 3 is 2.73 bits per heavy atom. The summed E-state index contributed by atoms with van der Waals surface area (Å²) in [6.07, 6.45) is 1.28.